The lowest BCUT2D eigenvalue weighted by Gasteiger charge is -2.27. The van der Waals surface area contributed by atoms with Gasteiger partial charge in [-0.25, -0.2) is 9.97 Å². The van der Waals surface area contributed by atoms with Crippen LogP contribution in [0.3, 0.4) is 0 Å². The van der Waals surface area contributed by atoms with Crippen LogP contribution >= 0.6 is 0 Å². The summed E-state index contributed by atoms with van der Waals surface area (Å²) in [5, 5.41) is 3.55. The first-order chi connectivity index (χ1) is 13.1. The number of benzene rings is 1. The molecule has 1 aromatic carbocycles. The number of allylic oxidation sites excluding steroid dienone is 2. The number of nitrogens with one attached hydrogen (secondary N) is 1. The maximum absolute atomic E-state index is 5.75. The van der Waals surface area contributed by atoms with Crippen LogP contribution in [0.5, 0.6) is 5.75 Å². The topological polar surface area (TPSA) is 47.0 Å². The van der Waals surface area contributed by atoms with E-state index in [0.29, 0.717) is 6.04 Å². The van der Waals surface area contributed by atoms with Crippen molar-refractivity contribution < 1.29 is 4.74 Å². The van der Waals surface area contributed by atoms with Crippen LogP contribution in [0.4, 0.5) is 5.95 Å². The van der Waals surface area contributed by atoms with E-state index in [0.717, 1.165) is 34.4 Å². The summed E-state index contributed by atoms with van der Waals surface area (Å²) in [6, 6.07) is 8.68. The normalized spacial score (nSPS) is 21.7. The van der Waals surface area contributed by atoms with Crippen molar-refractivity contribution >= 4 is 11.5 Å². The molecule has 0 bridgehead atoms. The first-order valence-corrected chi connectivity index (χ1v) is 10.0. The fraction of sp³-hybridized carbons (Fsp3) is 0.435. The van der Waals surface area contributed by atoms with E-state index in [-0.39, 0.29) is 6.10 Å². The Balaban J connectivity index is 1.54. The van der Waals surface area contributed by atoms with Crippen molar-refractivity contribution in [1.82, 2.24) is 9.97 Å². The van der Waals surface area contributed by atoms with Gasteiger partial charge in [0.25, 0.3) is 0 Å². The highest BCUT2D eigenvalue weighted by atomic mass is 16.5. The highest BCUT2D eigenvalue weighted by molar-refractivity contribution is 5.92. The Morgan fingerprint density at radius 3 is 2.41 bits per heavy atom. The maximum Gasteiger partial charge on any atom is 0.223 e. The molecule has 1 fully saturated rings. The van der Waals surface area contributed by atoms with Gasteiger partial charge in [-0.1, -0.05) is 25.1 Å². The van der Waals surface area contributed by atoms with E-state index in [2.05, 4.69) is 41.9 Å². The first kappa shape index (κ1) is 18.0. The van der Waals surface area contributed by atoms with Crippen molar-refractivity contribution in [2.75, 3.05) is 5.32 Å². The average Bonchev–Trinajstić information content (AvgIpc) is 3.49. The standard InChI is InChI=1S/C23H28N3O/c1-15(2)27-20-12-8-17(9-13-20)21-14-24-23(26-22(21)18-6-7-18)25-19-10-4-16(3)5-11-19/h6-9,12-16,19H,4-5,10-11H2,1-3H3,(H,24,25,26). The largest absolute Gasteiger partial charge is 0.491 e. The molecule has 4 rings (SSSR count). The van der Waals surface area contributed by atoms with Crippen molar-refractivity contribution in [3.8, 4) is 16.9 Å². The van der Waals surface area contributed by atoms with Gasteiger partial charge in [0.2, 0.25) is 5.95 Å². The molecular formula is C23H28N3O. The zero-order valence-corrected chi connectivity index (χ0v) is 16.4. The molecule has 4 nitrogen and oxygen atoms in total. The molecule has 0 unspecified atom stereocenters. The van der Waals surface area contributed by atoms with Crippen molar-refractivity contribution in [2.24, 2.45) is 5.92 Å². The van der Waals surface area contributed by atoms with Gasteiger partial charge >= 0.3 is 0 Å². The summed E-state index contributed by atoms with van der Waals surface area (Å²) in [5.41, 5.74) is 4.37. The van der Waals surface area contributed by atoms with E-state index >= 15 is 0 Å². The van der Waals surface area contributed by atoms with Crippen LogP contribution in [0.1, 0.15) is 52.1 Å². The number of nitrogens with zero attached hydrogens (tertiary/aromatic N) is 2. The van der Waals surface area contributed by atoms with Gasteiger partial charge in [-0.2, -0.15) is 0 Å². The lowest BCUT2D eigenvalue weighted by molar-refractivity contribution is 0.242. The van der Waals surface area contributed by atoms with E-state index in [1.807, 2.05) is 32.2 Å². The van der Waals surface area contributed by atoms with E-state index < -0.39 is 0 Å². The third kappa shape index (κ3) is 4.49. The molecule has 2 aliphatic rings. The lowest BCUT2D eigenvalue weighted by Crippen LogP contribution is -2.26. The predicted molar refractivity (Wildman–Crippen MR) is 111 cm³/mol. The molecular weight excluding hydrogens is 334 g/mol. The van der Waals surface area contributed by atoms with Crippen LogP contribution in [0.15, 0.2) is 36.5 Å². The Bertz CT molecular complexity index is 818. The number of rotatable bonds is 6. The summed E-state index contributed by atoms with van der Waals surface area (Å²) in [6.45, 7) is 6.41. The van der Waals surface area contributed by atoms with Crippen LogP contribution in [-0.2, 0) is 0 Å². The molecule has 0 amide bonds. The molecule has 2 aliphatic carbocycles. The summed E-state index contributed by atoms with van der Waals surface area (Å²) in [7, 11) is 0. The number of aromatic nitrogens is 2. The number of anilines is 1. The Hall–Kier alpha value is -2.36. The van der Waals surface area contributed by atoms with Gasteiger partial charge < -0.3 is 10.1 Å². The summed E-state index contributed by atoms with van der Waals surface area (Å²) in [4.78, 5) is 9.46. The van der Waals surface area contributed by atoms with E-state index in [4.69, 9.17) is 9.72 Å². The Morgan fingerprint density at radius 1 is 1.07 bits per heavy atom. The zero-order chi connectivity index (χ0) is 18.8. The maximum atomic E-state index is 5.75. The second kappa shape index (κ2) is 7.71. The van der Waals surface area contributed by atoms with E-state index in [1.54, 1.807) is 0 Å². The SMILES string of the molecule is CC1CCC(Nc2ncc(-c3ccc(OC(C)C)cc3)c(C3=C[CH]3)n2)CC1. The average molecular weight is 362 g/mol. The van der Waals surface area contributed by atoms with Crippen molar-refractivity contribution in [1.29, 1.82) is 0 Å². The van der Waals surface area contributed by atoms with Crippen molar-refractivity contribution in [3.63, 3.8) is 0 Å². The lowest BCUT2D eigenvalue weighted by atomic mass is 9.87. The minimum absolute atomic E-state index is 0.175. The fourth-order valence-electron chi connectivity index (χ4n) is 3.65. The third-order valence-electron chi connectivity index (χ3n) is 5.28. The molecule has 1 N–H and O–H groups in total. The monoisotopic (exact) mass is 362 g/mol. The summed E-state index contributed by atoms with van der Waals surface area (Å²) in [6.07, 6.45) is 11.3. The highest BCUT2D eigenvalue weighted by Gasteiger charge is 2.22. The molecule has 2 aromatic rings. The molecule has 4 heteroatoms. The van der Waals surface area contributed by atoms with Gasteiger partial charge in [0.05, 0.1) is 11.8 Å². The van der Waals surface area contributed by atoms with Crippen LogP contribution in [0.25, 0.3) is 16.7 Å². The van der Waals surface area contributed by atoms with Gasteiger partial charge in [-0.05, 0) is 68.7 Å². The summed E-state index contributed by atoms with van der Waals surface area (Å²) >= 11 is 0. The van der Waals surface area contributed by atoms with Crippen LogP contribution < -0.4 is 10.1 Å². The molecule has 0 atom stereocenters. The fourth-order valence-corrected chi connectivity index (χ4v) is 3.65. The molecule has 27 heavy (non-hydrogen) atoms. The van der Waals surface area contributed by atoms with Gasteiger partial charge in [0, 0.05) is 24.2 Å². The van der Waals surface area contributed by atoms with Gasteiger partial charge in [0.1, 0.15) is 5.75 Å². The van der Waals surface area contributed by atoms with Gasteiger partial charge in [-0.3, -0.25) is 0 Å². The zero-order valence-electron chi connectivity index (χ0n) is 16.4. The predicted octanol–water partition coefficient (Wildman–Crippen LogP) is 5.52. The number of hydrogen-bond donors (Lipinski definition) is 1. The molecule has 0 spiro atoms. The minimum atomic E-state index is 0.175. The van der Waals surface area contributed by atoms with Gasteiger partial charge in [0.15, 0.2) is 0 Å². The van der Waals surface area contributed by atoms with Crippen LogP contribution in [-0.4, -0.2) is 22.1 Å². The van der Waals surface area contributed by atoms with Crippen LogP contribution in [0.2, 0.25) is 0 Å². The Labute approximate surface area is 162 Å². The van der Waals surface area contributed by atoms with Gasteiger partial charge in [-0.15, -0.1) is 0 Å². The van der Waals surface area contributed by atoms with Crippen molar-refractivity contribution in [2.45, 2.75) is 58.6 Å². The van der Waals surface area contributed by atoms with Crippen molar-refractivity contribution in [3.05, 3.63) is 48.7 Å². The molecule has 1 aromatic heterocycles. The molecule has 1 radical (unpaired) electrons. The number of ether oxygens (including phenoxy) is 1. The van der Waals surface area contributed by atoms with E-state index in [9.17, 15) is 0 Å². The minimum Gasteiger partial charge on any atom is -0.491 e. The second-order valence-electron chi connectivity index (χ2n) is 8.04. The molecule has 1 saturated carbocycles. The number of hydrogen-bond acceptors (Lipinski definition) is 4. The Kier molecular flexibility index (Phi) is 5.15. The highest BCUT2D eigenvalue weighted by Crippen LogP contribution is 2.36. The quantitative estimate of drug-likeness (QED) is 0.735. The summed E-state index contributed by atoms with van der Waals surface area (Å²) < 4.78 is 5.75. The van der Waals surface area contributed by atoms with E-state index in [1.165, 1.54) is 31.3 Å². The molecule has 141 valence electrons. The first-order valence-electron chi connectivity index (χ1n) is 10.0. The molecule has 1 heterocycles. The summed E-state index contributed by atoms with van der Waals surface area (Å²) in [5.74, 6) is 2.48. The molecule has 0 aliphatic heterocycles. The smallest absolute Gasteiger partial charge is 0.223 e. The third-order valence-corrected chi connectivity index (χ3v) is 5.28. The van der Waals surface area contributed by atoms with Crippen LogP contribution in [0, 0.1) is 12.3 Å². The second-order valence-corrected chi connectivity index (χ2v) is 8.04. The Morgan fingerprint density at radius 2 is 1.78 bits per heavy atom. The molecule has 0 saturated heterocycles.